The Morgan fingerprint density at radius 3 is 2.16 bits per heavy atom. The van der Waals surface area contributed by atoms with Crippen LogP contribution in [0.3, 0.4) is 0 Å². The molecule has 0 aliphatic rings. The van der Waals surface area contributed by atoms with Gasteiger partial charge in [0.2, 0.25) is 5.91 Å². The van der Waals surface area contributed by atoms with E-state index in [1.165, 1.54) is 13.0 Å². The van der Waals surface area contributed by atoms with Crippen molar-refractivity contribution in [1.29, 1.82) is 0 Å². The van der Waals surface area contributed by atoms with Crippen molar-refractivity contribution in [3.05, 3.63) is 88.9 Å². The first kappa shape index (κ1) is 22.1. The molecule has 3 rings (SSSR count). The van der Waals surface area contributed by atoms with E-state index in [4.69, 9.17) is 16.3 Å². The maximum atomic E-state index is 12.4. The molecule has 0 atom stereocenters. The van der Waals surface area contributed by atoms with E-state index < -0.39 is 5.97 Å². The Labute approximate surface area is 185 Å². The summed E-state index contributed by atoms with van der Waals surface area (Å²) < 4.78 is 5.00. The lowest BCUT2D eigenvalue weighted by Gasteiger charge is -2.09. The Hall–Kier alpha value is -3.64. The van der Waals surface area contributed by atoms with Gasteiger partial charge in [0, 0.05) is 35.3 Å². The fourth-order valence-electron chi connectivity index (χ4n) is 2.84. The van der Waals surface area contributed by atoms with Crippen LogP contribution in [0.2, 0.25) is 5.02 Å². The van der Waals surface area contributed by atoms with Crippen LogP contribution in [-0.4, -0.2) is 17.8 Å². The third-order valence-corrected chi connectivity index (χ3v) is 4.59. The van der Waals surface area contributed by atoms with Crippen molar-refractivity contribution < 1.29 is 19.1 Å². The van der Waals surface area contributed by atoms with Crippen LogP contribution in [0.1, 0.15) is 29.3 Å². The van der Waals surface area contributed by atoms with Gasteiger partial charge in [-0.3, -0.25) is 14.4 Å². The molecule has 2 N–H and O–H groups in total. The Bertz CT molecular complexity index is 1080. The molecule has 7 heteroatoms. The number of benzene rings is 3. The monoisotopic (exact) mass is 436 g/mol. The first-order valence-electron chi connectivity index (χ1n) is 9.63. The molecule has 3 aromatic rings. The maximum absolute atomic E-state index is 12.4. The SMILES string of the molecule is CC(=O)Oc1cccc(C(=O)Nc2ccc(NC(=O)CCc3ccc(Cl)cc3)cc2)c1. The second kappa shape index (κ2) is 10.4. The summed E-state index contributed by atoms with van der Waals surface area (Å²) in [5, 5.41) is 6.27. The molecule has 0 fully saturated rings. The van der Waals surface area contributed by atoms with E-state index >= 15 is 0 Å². The highest BCUT2D eigenvalue weighted by atomic mass is 35.5. The van der Waals surface area contributed by atoms with E-state index in [2.05, 4.69) is 10.6 Å². The van der Waals surface area contributed by atoms with Crippen LogP contribution in [0.5, 0.6) is 5.75 Å². The van der Waals surface area contributed by atoms with Crippen LogP contribution >= 0.6 is 11.6 Å². The molecule has 0 radical (unpaired) electrons. The van der Waals surface area contributed by atoms with Gasteiger partial charge < -0.3 is 15.4 Å². The second-order valence-electron chi connectivity index (χ2n) is 6.83. The first-order valence-corrected chi connectivity index (χ1v) is 10.0. The van der Waals surface area contributed by atoms with E-state index in [1.807, 2.05) is 12.1 Å². The Kier molecular flexibility index (Phi) is 7.40. The molecule has 0 heterocycles. The molecule has 0 spiro atoms. The summed E-state index contributed by atoms with van der Waals surface area (Å²) in [4.78, 5) is 35.7. The number of amides is 2. The zero-order valence-corrected chi connectivity index (χ0v) is 17.6. The smallest absolute Gasteiger partial charge is 0.308 e. The maximum Gasteiger partial charge on any atom is 0.308 e. The highest BCUT2D eigenvalue weighted by Crippen LogP contribution is 2.18. The van der Waals surface area contributed by atoms with Gasteiger partial charge in [-0.1, -0.05) is 29.8 Å². The zero-order valence-electron chi connectivity index (χ0n) is 16.9. The summed E-state index contributed by atoms with van der Waals surface area (Å²) in [6, 6.07) is 20.6. The molecule has 2 amide bonds. The van der Waals surface area contributed by atoms with Gasteiger partial charge in [0.25, 0.3) is 5.91 Å². The standard InChI is InChI=1S/C24H21ClN2O4/c1-16(28)31-22-4-2-3-18(15-22)24(30)27-21-12-10-20(11-13-21)26-23(29)14-7-17-5-8-19(25)9-6-17/h2-6,8-13,15H,7,14H2,1H3,(H,26,29)(H,27,30). The van der Waals surface area contributed by atoms with Crippen LogP contribution in [-0.2, 0) is 16.0 Å². The Morgan fingerprint density at radius 1 is 0.871 bits per heavy atom. The van der Waals surface area contributed by atoms with E-state index in [1.54, 1.807) is 54.6 Å². The lowest BCUT2D eigenvalue weighted by molar-refractivity contribution is -0.131. The molecular formula is C24H21ClN2O4. The highest BCUT2D eigenvalue weighted by molar-refractivity contribution is 6.30. The largest absolute Gasteiger partial charge is 0.427 e. The summed E-state index contributed by atoms with van der Waals surface area (Å²) in [6.45, 7) is 1.30. The minimum Gasteiger partial charge on any atom is -0.427 e. The predicted octanol–water partition coefficient (Wildman–Crippen LogP) is 5.09. The van der Waals surface area contributed by atoms with Crippen LogP contribution in [0.25, 0.3) is 0 Å². The van der Waals surface area contributed by atoms with Crippen LogP contribution in [0, 0.1) is 0 Å². The minimum absolute atomic E-state index is 0.103. The summed E-state index contributed by atoms with van der Waals surface area (Å²) in [5.74, 6) is -0.594. The van der Waals surface area contributed by atoms with Gasteiger partial charge in [-0.25, -0.2) is 0 Å². The number of halogens is 1. The van der Waals surface area contributed by atoms with Crippen LogP contribution in [0.4, 0.5) is 11.4 Å². The number of hydrogen-bond donors (Lipinski definition) is 2. The first-order chi connectivity index (χ1) is 14.9. The average Bonchev–Trinajstić information content (AvgIpc) is 2.74. The number of carbonyl (C=O) groups is 3. The molecular weight excluding hydrogens is 416 g/mol. The molecule has 0 aromatic heterocycles. The van der Waals surface area contributed by atoms with Crippen molar-refractivity contribution in [3.63, 3.8) is 0 Å². The third-order valence-electron chi connectivity index (χ3n) is 4.34. The van der Waals surface area contributed by atoms with Crippen molar-refractivity contribution in [2.24, 2.45) is 0 Å². The molecule has 0 unspecified atom stereocenters. The number of anilines is 2. The summed E-state index contributed by atoms with van der Waals surface area (Å²) in [6.07, 6.45) is 0.961. The molecule has 31 heavy (non-hydrogen) atoms. The number of nitrogens with one attached hydrogen (secondary N) is 2. The quantitative estimate of drug-likeness (QED) is 0.399. The van der Waals surface area contributed by atoms with Gasteiger partial charge in [-0.2, -0.15) is 0 Å². The number of hydrogen-bond acceptors (Lipinski definition) is 4. The molecule has 0 saturated carbocycles. The van der Waals surface area contributed by atoms with Crippen LogP contribution in [0.15, 0.2) is 72.8 Å². The number of carbonyl (C=O) groups excluding carboxylic acids is 3. The second-order valence-corrected chi connectivity index (χ2v) is 7.26. The van der Waals surface area contributed by atoms with Crippen molar-refractivity contribution in [3.8, 4) is 5.75 Å². The third kappa shape index (κ3) is 6.97. The van der Waals surface area contributed by atoms with E-state index in [9.17, 15) is 14.4 Å². The summed E-state index contributed by atoms with van der Waals surface area (Å²) in [7, 11) is 0. The number of rotatable bonds is 7. The van der Waals surface area contributed by atoms with E-state index in [0.717, 1.165) is 5.56 Å². The molecule has 0 aliphatic carbocycles. The zero-order chi connectivity index (χ0) is 22.2. The topological polar surface area (TPSA) is 84.5 Å². The van der Waals surface area contributed by atoms with Gasteiger partial charge in [0.15, 0.2) is 0 Å². The van der Waals surface area contributed by atoms with Crippen LogP contribution < -0.4 is 15.4 Å². The van der Waals surface area contributed by atoms with Gasteiger partial charge in [-0.05, 0) is 66.6 Å². The number of esters is 1. The van der Waals surface area contributed by atoms with Gasteiger partial charge >= 0.3 is 5.97 Å². The lowest BCUT2D eigenvalue weighted by Crippen LogP contribution is -2.13. The van der Waals surface area contributed by atoms with Crippen molar-refractivity contribution in [2.45, 2.75) is 19.8 Å². The Balaban J connectivity index is 1.52. The molecule has 158 valence electrons. The highest BCUT2D eigenvalue weighted by Gasteiger charge is 2.09. The number of ether oxygens (including phenoxy) is 1. The van der Waals surface area contributed by atoms with Gasteiger partial charge in [0.05, 0.1) is 0 Å². The van der Waals surface area contributed by atoms with Gasteiger partial charge in [-0.15, -0.1) is 0 Å². The minimum atomic E-state index is -0.455. The normalized spacial score (nSPS) is 10.3. The van der Waals surface area contributed by atoms with Crippen molar-refractivity contribution in [1.82, 2.24) is 0 Å². The van der Waals surface area contributed by atoms with E-state index in [-0.39, 0.29) is 11.8 Å². The van der Waals surface area contributed by atoms with E-state index in [0.29, 0.717) is 40.6 Å². The Morgan fingerprint density at radius 2 is 1.52 bits per heavy atom. The van der Waals surface area contributed by atoms with Crippen molar-refractivity contribution >= 4 is 40.8 Å². The lowest BCUT2D eigenvalue weighted by atomic mass is 10.1. The number of aryl methyl sites for hydroxylation is 1. The van der Waals surface area contributed by atoms with Crippen molar-refractivity contribution in [2.75, 3.05) is 10.6 Å². The molecule has 0 saturated heterocycles. The molecule has 3 aromatic carbocycles. The average molecular weight is 437 g/mol. The fourth-order valence-corrected chi connectivity index (χ4v) is 2.97. The summed E-state index contributed by atoms with van der Waals surface area (Å²) in [5.41, 5.74) is 2.60. The summed E-state index contributed by atoms with van der Waals surface area (Å²) >= 11 is 5.86. The fraction of sp³-hybridized carbons (Fsp3) is 0.125. The predicted molar refractivity (Wildman–Crippen MR) is 121 cm³/mol. The molecule has 0 aliphatic heterocycles. The molecule has 6 nitrogen and oxygen atoms in total. The van der Waals surface area contributed by atoms with Gasteiger partial charge in [0.1, 0.15) is 5.75 Å². The molecule has 0 bridgehead atoms.